The molecule has 2 aromatic rings. The van der Waals surface area contributed by atoms with E-state index in [2.05, 4.69) is 22.8 Å². The van der Waals surface area contributed by atoms with E-state index in [0.29, 0.717) is 17.9 Å². The zero-order valence-corrected chi connectivity index (χ0v) is 24.1. The Morgan fingerprint density at radius 1 is 0.462 bits per heavy atom. The van der Waals surface area contributed by atoms with Crippen molar-refractivity contribution in [2.45, 2.75) is 134 Å². The highest BCUT2D eigenvalue weighted by molar-refractivity contribution is 5.53. The van der Waals surface area contributed by atoms with Gasteiger partial charge < -0.3 is 10.6 Å². The van der Waals surface area contributed by atoms with Crippen LogP contribution in [-0.2, 0) is 0 Å². The van der Waals surface area contributed by atoms with Gasteiger partial charge in [0.05, 0.1) is 0 Å². The summed E-state index contributed by atoms with van der Waals surface area (Å²) in [6, 6.07) is 18.9. The van der Waals surface area contributed by atoms with Gasteiger partial charge in [0, 0.05) is 17.6 Å². The maximum absolute atomic E-state index is 5.11. The molecular formula is C34H51N5. The van der Waals surface area contributed by atoms with E-state index in [9.17, 15) is 0 Å². The van der Waals surface area contributed by atoms with Gasteiger partial charge in [-0.15, -0.1) is 0 Å². The lowest BCUT2D eigenvalue weighted by Gasteiger charge is -2.22. The molecule has 1 aromatic heterocycles. The zero-order valence-electron chi connectivity index (χ0n) is 24.1. The number of anilines is 3. The molecule has 0 bridgehead atoms. The Kier molecular flexibility index (Phi) is 13.4. The van der Waals surface area contributed by atoms with Gasteiger partial charge >= 0.3 is 0 Å². The van der Waals surface area contributed by atoms with Crippen LogP contribution in [0.25, 0.3) is 0 Å². The van der Waals surface area contributed by atoms with E-state index in [4.69, 9.17) is 15.0 Å². The van der Waals surface area contributed by atoms with Crippen molar-refractivity contribution in [3.05, 3.63) is 60.4 Å². The van der Waals surface area contributed by atoms with Crippen LogP contribution in [0.3, 0.4) is 0 Å². The molecule has 0 aliphatic heterocycles. The number of rotatable bonds is 5. The zero-order chi connectivity index (χ0) is 26.8. The summed E-state index contributed by atoms with van der Waals surface area (Å²) in [7, 11) is 0. The van der Waals surface area contributed by atoms with Crippen molar-refractivity contribution in [2.24, 2.45) is 0 Å². The van der Waals surface area contributed by atoms with Crippen molar-refractivity contribution in [3.8, 4) is 0 Å². The summed E-state index contributed by atoms with van der Waals surface area (Å²) in [5.41, 5.74) is 0.968. The molecule has 2 saturated carbocycles. The largest absolute Gasteiger partial charge is 0.351 e. The van der Waals surface area contributed by atoms with Gasteiger partial charge in [0.15, 0.2) is 0 Å². The third-order valence-electron chi connectivity index (χ3n) is 8.29. The Labute approximate surface area is 237 Å². The first-order valence-electron chi connectivity index (χ1n) is 16.0. The van der Waals surface area contributed by atoms with Gasteiger partial charge in [0.2, 0.25) is 11.9 Å². The first-order valence-corrected chi connectivity index (χ1v) is 16.0. The second-order valence-electron chi connectivity index (χ2n) is 11.6. The lowest BCUT2D eigenvalue weighted by Crippen LogP contribution is -2.23. The second-order valence-corrected chi connectivity index (χ2v) is 11.6. The highest BCUT2D eigenvalue weighted by Gasteiger charge is 2.20. The summed E-state index contributed by atoms with van der Waals surface area (Å²) in [4.78, 5) is 15.1. The quantitative estimate of drug-likeness (QED) is 0.403. The maximum atomic E-state index is 5.11. The number of aromatic nitrogens is 3. The molecule has 0 saturated heterocycles. The summed E-state index contributed by atoms with van der Waals surface area (Å²) >= 11 is 0. The summed E-state index contributed by atoms with van der Waals surface area (Å²) in [5.74, 6) is 2.77. The van der Waals surface area contributed by atoms with Crippen LogP contribution in [0.5, 0.6) is 0 Å². The number of nitrogens with one attached hydrogen (secondary N) is 2. The smallest absolute Gasteiger partial charge is 0.232 e. The topological polar surface area (TPSA) is 62.7 Å². The minimum Gasteiger partial charge on any atom is -0.351 e. The van der Waals surface area contributed by atoms with Gasteiger partial charge in [-0.05, 0) is 37.8 Å². The van der Waals surface area contributed by atoms with E-state index in [1.165, 1.54) is 122 Å². The molecule has 2 fully saturated rings. The van der Waals surface area contributed by atoms with Crippen LogP contribution in [0, 0.1) is 0 Å². The standard InChI is InChI=1S/C34H51N5/c1-2-6-12-18-24-29(23-17-11-5-1)32-37-33(35-30-25-19-13-7-3-8-14-20-26-30)39-34(38-32)36-31-27-21-15-9-4-10-16-22-28-31/h3,7-8,13-14,19-20,25-26,29,31H,1-2,4-6,9-12,15-18,21-24,27-28H2,(H2,35,36,37,38,39). The molecule has 2 N–H and O–H groups in total. The summed E-state index contributed by atoms with van der Waals surface area (Å²) in [6.45, 7) is 0. The summed E-state index contributed by atoms with van der Waals surface area (Å²) in [5, 5.41) is 7.30. The fourth-order valence-corrected chi connectivity index (χ4v) is 5.98. The average molecular weight is 530 g/mol. The van der Waals surface area contributed by atoms with Crippen molar-refractivity contribution >= 4 is 17.6 Å². The molecule has 4 rings (SSSR count). The Bertz CT molecular complexity index is 961. The molecule has 0 atom stereocenters. The molecule has 0 amide bonds. The molecule has 5 heteroatoms. The highest BCUT2D eigenvalue weighted by Crippen LogP contribution is 2.30. The van der Waals surface area contributed by atoms with E-state index in [0.717, 1.165) is 17.5 Å². The van der Waals surface area contributed by atoms with Crippen molar-refractivity contribution < 1.29 is 0 Å². The number of hydrogen-bond donors (Lipinski definition) is 2. The van der Waals surface area contributed by atoms with Gasteiger partial charge in [-0.25, -0.2) is 0 Å². The first kappa shape index (κ1) is 29.3. The normalized spacial score (nSPS) is 19.2. The molecular weight excluding hydrogens is 478 g/mol. The lowest BCUT2D eigenvalue weighted by atomic mass is 9.94. The van der Waals surface area contributed by atoms with E-state index < -0.39 is 0 Å². The van der Waals surface area contributed by atoms with Crippen LogP contribution in [0.1, 0.15) is 134 Å². The molecule has 39 heavy (non-hydrogen) atoms. The number of nitrogens with zero attached hydrogens (tertiary/aromatic N) is 3. The van der Waals surface area contributed by atoms with Gasteiger partial charge in [-0.3, -0.25) is 0 Å². The van der Waals surface area contributed by atoms with Gasteiger partial charge in [-0.2, -0.15) is 15.0 Å². The summed E-state index contributed by atoms with van der Waals surface area (Å²) < 4.78 is 0. The summed E-state index contributed by atoms with van der Waals surface area (Å²) in [6.07, 6.45) is 24.9. The van der Waals surface area contributed by atoms with Gasteiger partial charge in [0.25, 0.3) is 0 Å². The fourth-order valence-electron chi connectivity index (χ4n) is 5.98. The molecule has 1 heterocycles. The monoisotopic (exact) mass is 529 g/mol. The molecule has 0 spiro atoms. The lowest BCUT2D eigenvalue weighted by molar-refractivity contribution is 0.473. The Hall–Kier alpha value is -2.69. The van der Waals surface area contributed by atoms with Crippen LogP contribution < -0.4 is 10.6 Å². The Balaban J connectivity index is 1.59. The van der Waals surface area contributed by atoms with Crippen molar-refractivity contribution in [3.63, 3.8) is 0 Å². The molecule has 212 valence electrons. The molecule has 0 unspecified atom stereocenters. The van der Waals surface area contributed by atoms with E-state index >= 15 is 0 Å². The number of hydrogen-bond acceptors (Lipinski definition) is 5. The van der Waals surface area contributed by atoms with E-state index in [-0.39, 0.29) is 0 Å². The maximum Gasteiger partial charge on any atom is 0.232 e. The Morgan fingerprint density at radius 2 is 0.897 bits per heavy atom. The third-order valence-corrected chi connectivity index (χ3v) is 8.29. The fraction of sp³-hybridized carbons (Fsp3) is 0.618. The molecule has 5 nitrogen and oxygen atoms in total. The molecule has 0 radical (unpaired) electrons. The molecule has 1 aromatic carbocycles. The minimum absolute atomic E-state index is 0.401. The minimum atomic E-state index is 0.401. The molecule has 2 aliphatic rings. The van der Waals surface area contributed by atoms with Gasteiger partial charge in [-0.1, -0.05) is 139 Å². The third kappa shape index (κ3) is 11.5. The highest BCUT2D eigenvalue weighted by atomic mass is 15.2. The first-order chi connectivity index (χ1) is 19.4. The van der Waals surface area contributed by atoms with Crippen LogP contribution in [0.2, 0.25) is 0 Å². The molecule has 2 aliphatic carbocycles. The van der Waals surface area contributed by atoms with Crippen molar-refractivity contribution in [2.75, 3.05) is 10.6 Å². The SMILES string of the molecule is c1ccccc(Nc2nc(NC3CCCCCCCCC3)nc(C3CCCCCCCCCC3)n2)cccc1. The Morgan fingerprint density at radius 3 is 1.44 bits per heavy atom. The predicted octanol–water partition coefficient (Wildman–Crippen LogP) is 10.0. The van der Waals surface area contributed by atoms with E-state index in [1.54, 1.807) is 0 Å². The van der Waals surface area contributed by atoms with Crippen LogP contribution >= 0.6 is 0 Å². The van der Waals surface area contributed by atoms with Crippen LogP contribution in [0.15, 0.2) is 54.6 Å². The van der Waals surface area contributed by atoms with Gasteiger partial charge in [0.1, 0.15) is 5.82 Å². The van der Waals surface area contributed by atoms with Crippen LogP contribution in [-0.4, -0.2) is 21.0 Å². The van der Waals surface area contributed by atoms with E-state index in [1.807, 2.05) is 42.5 Å². The second kappa shape index (κ2) is 17.8. The van der Waals surface area contributed by atoms with Crippen molar-refractivity contribution in [1.29, 1.82) is 0 Å². The van der Waals surface area contributed by atoms with Crippen molar-refractivity contribution in [1.82, 2.24) is 15.0 Å². The predicted molar refractivity (Wildman–Crippen MR) is 165 cm³/mol. The van der Waals surface area contributed by atoms with Crippen LogP contribution in [0.4, 0.5) is 17.6 Å². The average Bonchev–Trinajstić information content (AvgIpc) is 3.01.